The predicted molar refractivity (Wildman–Crippen MR) is 112 cm³/mol. The zero-order valence-corrected chi connectivity index (χ0v) is 16.2. The van der Waals surface area contributed by atoms with Gasteiger partial charge in [0, 0.05) is 24.2 Å². The highest BCUT2D eigenvalue weighted by Crippen LogP contribution is 2.28. The Bertz CT molecular complexity index is 1040. The van der Waals surface area contributed by atoms with Crippen LogP contribution < -0.4 is 5.43 Å². The Balaban J connectivity index is 1.84. The minimum atomic E-state index is -0.0811. The number of amides is 1. The van der Waals surface area contributed by atoms with E-state index in [1.54, 1.807) is 25.1 Å². The van der Waals surface area contributed by atoms with Crippen LogP contribution in [0.4, 0.5) is 0 Å². The van der Waals surface area contributed by atoms with Crippen molar-refractivity contribution in [2.75, 3.05) is 13.1 Å². The minimum absolute atomic E-state index is 0.0430. The molecule has 1 aliphatic heterocycles. The fraction of sp³-hybridized carbons (Fsp3) is 0.333. The Hall–Kier alpha value is -2.88. The van der Waals surface area contributed by atoms with Crippen molar-refractivity contribution >= 4 is 16.9 Å². The van der Waals surface area contributed by atoms with Crippen molar-refractivity contribution in [2.24, 2.45) is 0 Å². The van der Waals surface area contributed by atoms with Gasteiger partial charge >= 0.3 is 0 Å². The van der Waals surface area contributed by atoms with E-state index in [1.807, 2.05) is 35.2 Å². The number of nitrogens with zero attached hydrogens (tertiary/aromatic N) is 1. The van der Waals surface area contributed by atoms with E-state index < -0.39 is 0 Å². The van der Waals surface area contributed by atoms with Gasteiger partial charge in [-0.05, 0) is 31.9 Å². The van der Waals surface area contributed by atoms with Crippen molar-refractivity contribution in [1.29, 1.82) is 0 Å². The van der Waals surface area contributed by atoms with Gasteiger partial charge in [-0.3, -0.25) is 9.59 Å². The quantitative estimate of drug-likeness (QED) is 0.620. The van der Waals surface area contributed by atoms with Crippen LogP contribution in [0.1, 0.15) is 48.0 Å². The lowest BCUT2D eigenvalue weighted by Crippen LogP contribution is -2.34. The van der Waals surface area contributed by atoms with E-state index in [0.29, 0.717) is 27.9 Å². The zero-order valence-electron chi connectivity index (χ0n) is 16.2. The van der Waals surface area contributed by atoms with E-state index in [-0.39, 0.29) is 11.3 Å². The van der Waals surface area contributed by atoms with Gasteiger partial charge in [-0.15, -0.1) is 0 Å². The summed E-state index contributed by atoms with van der Waals surface area (Å²) in [5.41, 5.74) is 2.20. The molecule has 28 heavy (non-hydrogen) atoms. The van der Waals surface area contributed by atoms with Crippen LogP contribution in [0, 0.1) is 6.92 Å². The van der Waals surface area contributed by atoms with Crippen LogP contribution in [0.5, 0.6) is 0 Å². The van der Waals surface area contributed by atoms with Crippen LogP contribution in [0.25, 0.3) is 22.3 Å². The van der Waals surface area contributed by atoms with Gasteiger partial charge in [-0.1, -0.05) is 55.7 Å². The molecular weight excluding hydrogens is 350 g/mol. The van der Waals surface area contributed by atoms with Gasteiger partial charge in [0.1, 0.15) is 5.76 Å². The number of carbonyl (C=O) groups excluding carboxylic acids is 1. The van der Waals surface area contributed by atoms with E-state index in [9.17, 15) is 9.59 Å². The third-order valence-corrected chi connectivity index (χ3v) is 5.55. The van der Waals surface area contributed by atoms with Crippen LogP contribution in [0.2, 0.25) is 0 Å². The number of rotatable bonds is 2. The normalized spacial score (nSPS) is 15.2. The Labute approximate surface area is 164 Å². The molecule has 4 nitrogen and oxygen atoms in total. The summed E-state index contributed by atoms with van der Waals surface area (Å²) in [5, 5.41) is 0.468. The van der Waals surface area contributed by atoms with E-state index in [1.165, 1.54) is 6.42 Å². The average molecular weight is 375 g/mol. The number of benzene rings is 2. The number of hydrogen-bond acceptors (Lipinski definition) is 3. The molecule has 0 aliphatic carbocycles. The second-order valence-electron chi connectivity index (χ2n) is 7.49. The molecule has 2 aromatic carbocycles. The SMILES string of the molecule is Cc1c(-c2ccccc2)oc2c(C(=O)N3CCCCCCC3)cccc2c1=O. The maximum atomic E-state index is 13.3. The lowest BCUT2D eigenvalue weighted by atomic mass is 10.0. The molecule has 0 spiro atoms. The molecule has 0 N–H and O–H groups in total. The molecule has 144 valence electrons. The molecule has 0 radical (unpaired) electrons. The first-order valence-corrected chi connectivity index (χ1v) is 10.1. The molecule has 0 bridgehead atoms. The third-order valence-electron chi connectivity index (χ3n) is 5.55. The molecule has 0 saturated carbocycles. The summed E-state index contributed by atoms with van der Waals surface area (Å²) in [7, 11) is 0. The fourth-order valence-electron chi connectivity index (χ4n) is 3.96. The van der Waals surface area contributed by atoms with E-state index >= 15 is 0 Å². The Morgan fingerprint density at radius 3 is 2.29 bits per heavy atom. The van der Waals surface area contributed by atoms with Gasteiger partial charge in [-0.25, -0.2) is 0 Å². The molecule has 4 rings (SSSR count). The Morgan fingerprint density at radius 1 is 0.893 bits per heavy atom. The number of para-hydroxylation sites is 1. The van der Waals surface area contributed by atoms with Crippen molar-refractivity contribution in [1.82, 2.24) is 4.90 Å². The minimum Gasteiger partial charge on any atom is -0.455 e. The zero-order chi connectivity index (χ0) is 19.5. The van der Waals surface area contributed by atoms with Gasteiger partial charge in [0.2, 0.25) is 0 Å². The summed E-state index contributed by atoms with van der Waals surface area (Å²) in [6, 6.07) is 14.9. The van der Waals surface area contributed by atoms with Crippen molar-refractivity contribution in [3.63, 3.8) is 0 Å². The van der Waals surface area contributed by atoms with Gasteiger partial charge in [0.25, 0.3) is 5.91 Å². The summed E-state index contributed by atoms with van der Waals surface area (Å²) >= 11 is 0. The van der Waals surface area contributed by atoms with Crippen molar-refractivity contribution in [3.8, 4) is 11.3 Å². The molecule has 1 aromatic heterocycles. The monoisotopic (exact) mass is 375 g/mol. The Kier molecular flexibility index (Phi) is 5.29. The van der Waals surface area contributed by atoms with E-state index in [4.69, 9.17) is 4.42 Å². The summed E-state index contributed by atoms with van der Waals surface area (Å²) in [6.45, 7) is 3.30. The van der Waals surface area contributed by atoms with E-state index in [2.05, 4.69) is 0 Å². The van der Waals surface area contributed by atoms with Gasteiger partial charge in [0.05, 0.1) is 10.9 Å². The molecule has 1 aliphatic rings. The summed E-state index contributed by atoms with van der Waals surface area (Å²) in [5.74, 6) is 0.490. The van der Waals surface area contributed by atoms with Crippen LogP contribution in [0.15, 0.2) is 57.7 Å². The number of carbonyl (C=O) groups is 1. The molecule has 0 unspecified atom stereocenters. The van der Waals surface area contributed by atoms with Gasteiger partial charge in [0.15, 0.2) is 11.0 Å². The van der Waals surface area contributed by atoms with Crippen LogP contribution in [-0.4, -0.2) is 23.9 Å². The van der Waals surface area contributed by atoms with Crippen LogP contribution in [-0.2, 0) is 0 Å². The first kappa shape index (κ1) is 18.5. The summed E-state index contributed by atoms with van der Waals surface area (Å²) < 4.78 is 6.21. The molecule has 1 fully saturated rings. The summed E-state index contributed by atoms with van der Waals surface area (Å²) in [6.07, 6.45) is 5.60. The van der Waals surface area contributed by atoms with Gasteiger partial charge in [-0.2, -0.15) is 0 Å². The fourth-order valence-corrected chi connectivity index (χ4v) is 3.96. The highest BCUT2D eigenvalue weighted by Gasteiger charge is 2.22. The molecule has 1 saturated heterocycles. The smallest absolute Gasteiger partial charge is 0.257 e. The lowest BCUT2D eigenvalue weighted by molar-refractivity contribution is 0.0743. The first-order chi connectivity index (χ1) is 13.7. The lowest BCUT2D eigenvalue weighted by Gasteiger charge is -2.25. The molecule has 0 atom stereocenters. The topological polar surface area (TPSA) is 50.5 Å². The van der Waals surface area contributed by atoms with E-state index in [0.717, 1.165) is 44.3 Å². The van der Waals surface area contributed by atoms with Crippen molar-refractivity contribution < 1.29 is 9.21 Å². The third kappa shape index (κ3) is 3.47. The average Bonchev–Trinajstić information content (AvgIpc) is 2.70. The summed E-state index contributed by atoms with van der Waals surface area (Å²) in [4.78, 5) is 28.2. The maximum absolute atomic E-state index is 13.3. The Morgan fingerprint density at radius 2 is 1.57 bits per heavy atom. The standard InChI is InChI=1S/C24H25NO3/c1-17-21(26)19-13-10-14-20(24(27)25-15-8-3-2-4-9-16-25)23(19)28-22(17)18-11-6-5-7-12-18/h5-7,10-14H,2-4,8-9,15-16H2,1H3. The van der Waals surface area contributed by atoms with Crippen LogP contribution in [0.3, 0.4) is 0 Å². The number of likely N-dealkylation sites (tertiary alicyclic amines) is 1. The highest BCUT2D eigenvalue weighted by atomic mass is 16.3. The van der Waals surface area contributed by atoms with Crippen molar-refractivity contribution in [2.45, 2.75) is 39.0 Å². The van der Waals surface area contributed by atoms with Gasteiger partial charge < -0.3 is 9.32 Å². The maximum Gasteiger partial charge on any atom is 0.257 e. The highest BCUT2D eigenvalue weighted by molar-refractivity contribution is 6.05. The first-order valence-electron chi connectivity index (χ1n) is 10.1. The number of fused-ring (bicyclic) bond motifs is 1. The van der Waals surface area contributed by atoms with Crippen molar-refractivity contribution in [3.05, 3.63) is 69.9 Å². The number of hydrogen-bond donors (Lipinski definition) is 0. The molecular formula is C24H25NO3. The van der Waals surface area contributed by atoms with Crippen LogP contribution >= 0.6 is 0 Å². The second-order valence-corrected chi connectivity index (χ2v) is 7.49. The molecule has 4 heteroatoms. The molecule has 1 amide bonds. The largest absolute Gasteiger partial charge is 0.455 e. The second kappa shape index (κ2) is 8.01. The molecule has 2 heterocycles. The molecule has 3 aromatic rings. The predicted octanol–water partition coefficient (Wildman–Crippen LogP) is 5.17.